The van der Waals surface area contributed by atoms with Gasteiger partial charge in [0.05, 0.1) is 0 Å². The number of hydrogen-bond acceptors (Lipinski definition) is 3. The summed E-state index contributed by atoms with van der Waals surface area (Å²) in [5.41, 5.74) is 2.36. The van der Waals surface area contributed by atoms with Crippen LogP contribution in [0.15, 0.2) is 18.2 Å². The number of carbonyl (C=O) groups excluding carboxylic acids is 1. The maximum absolute atomic E-state index is 10.9. The molecule has 0 saturated heterocycles. The van der Waals surface area contributed by atoms with Gasteiger partial charge in [0.15, 0.2) is 0 Å². The quantitative estimate of drug-likeness (QED) is 0.495. The zero-order valence-corrected chi connectivity index (χ0v) is 9.98. The highest BCUT2D eigenvalue weighted by Crippen LogP contribution is 2.25. The summed E-state index contributed by atoms with van der Waals surface area (Å²) >= 11 is 0. The third kappa shape index (κ3) is 3.75. The first-order chi connectivity index (χ1) is 7.90. The first-order valence-electron chi connectivity index (χ1n) is 5.11. The van der Waals surface area contributed by atoms with E-state index in [0.29, 0.717) is 5.75 Å². The Hall–Kier alpha value is -2.10. The van der Waals surface area contributed by atoms with E-state index in [1.165, 1.54) is 13.0 Å². The Balaban J connectivity index is 3.09. The fourth-order valence-electron chi connectivity index (χ4n) is 1.55. The number of hydrogen-bond donors (Lipinski definition) is 1. The van der Waals surface area contributed by atoms with Crippen LogP contribution in [0, 0.1) is 13.8 Å². The van der Waals surface area contributed by atoms with E-state index in [4.69, 9.17) is 9.84 Å². The minimum Gasteiger partial charge on any atom is -0.478 e. The largest absolute Gasteiger partial charge is 0.478 e. The van der Waals surface area contributed by atoms with Gasteiger partial charge >= 0.3 is 11.9 Å². The lowest BCUT2D eigenvalue weighted by molar-refractivity contribution is -0.132. The molecule has 0 bridgehead atoms. The van der Waals surface area contributed by atoms with E-state index < -0.39 is 5.97 Å². The van der Waals surface area contributed by atoms with Crippen LogP contribution in [0.25, 0.3) is 6.08 Å². The predicted molar refractivity (Wildman–Crippen MR) is 63.9 cm³/mol. The molecule has 4 heteroatoms. The third-order valence-corrected chi connectivity index (χ3v) is 2.15. The van der Waals surface area contributed by atoms with Crippen molar-refractivity contribution >= 4 is 18.0 Å². The molecule has 0 unspecified atom stereocenters. The molecule has 0 aliphatic heterocycles. The van der Waals surface area contributed by atoms with Gasteiger partial charge in [0.2, 0.25) is 0 Å². The van der Waals surface area contributed by atoms with Crippen LogP contribution in [-0.2, 0) is 9.59 Å². The summed E-state index contributed by atoms with van der Waals surface area (Å²) in [6, 6.07) is 3.54. The summed E-state index contributed by atoms with van der Waals surface area (Å²) in [7, 11) is 0. The van der Waals surface area contributed by atoms with Gasteiger partial charge in [-0.05, 0) is 48.7 Å². The number of aliphatic carboxylic acids is 1. The summed E-state index contributed by atoms with van der Waals surface area (Å²) in [5, 5.41) is 8.53. The maximum Gasteiger partial charge on any atom is 0.328 e. The van der Waals surface area contributed by atoms with Gasteiger partial charge in [-0.3, -0.25) is 4.79 Å². The highest BCUT2D eigenvalue weighted by Gasteiger charge is 2.07. The van der Waals surface area contributed by atoms with Crippen molar-refractivity contribution in [1.82, 2.24) is 0 Å². The molecule has 0 aliphatic rings. The number of carboxylic acids is 1. The van der Waals surface area contributed by atoms with Crippen molar-refractivity contribution in [2.45, 2.75) is 20.8 Å². The summed E-state index contributed by atoms with van der Waals surface area (Å²) in [6.45, 7) is 4.96. The second-order valence-electron chi connectivity index (χ2n) is 3.75. The van der Waals surface area contributed by atoms with Gasteiger partial charge in [0.25, 0.3) is 0 Å². The van der Waals surface area contributed by atoms with Crippen molar-refractivity contribution in [3.8, 4) is 5.75 Å². The summed E-state index contributed by atoms with van der Waals surface area (Å²) in [4.78, 5) is 21.3. The van der Waals surface area contributed by atoms with Gasteiger partial charge in [-0.2, -0.15) is 0 Å². The van der Waals surface area contributed by atoms with Crippen LogP contribution in [0.5, 0.6) is 5.75 Å². The number of aryl methyl sites for hydroxylation is 2. The Morgan fingerprint density at radius 1 is 1.24 bits per heavy atom. The zero-order chi connectivity index (χ0) is 13.0. The van der Waals surface area contributed by atoms with Crippen molar-refractivity contribution < 1.29 is 19.4 Å². The van der Waals surface area contributed by atoms with Gasteiger partial charge in [0.1, 0.15) is 5.75 Å². The summed E-state index contributed by atoms with van der Waals surface area (Å²) < 4.78 is 5.08. The van der Waals surface area contributed by atoms with E-state index in [1.807, 2.05) is 13.8 Å². The van der Waals surface area contributed by atoms with Gasteiger partial charge < -0.3 is 9.84 Å². The van der Waals surface area contributed by atoms with Crippen LogP contribution in [0.3, 0.4) is 0 Å². The smallest absolute Gasteiger partial charge is 0.328 e. The average molecular weight is 234 g/mol. The molecule has 0 amide bonds. The van der Waals surface area contributed by atoms with E-state index in [0.717, 1.165) is 22.8 Å². The molecule has 0 spiro atoms. The Morgan fingerprint density at radius 3 is 2.18 bits per heavy atom. The van der Waals surface area contributed by atoms with Crippen LogP contribution in [0.2, 0.25) is 0 Å². The van der Waals surface area contributed by atoms with Crippen molar-refractivity contribution in [3.63, 3.8) is 0 Å². The molecule has 0 aliphatic carbocycles. The van der Waals surface area contributed by atoms with E-state index in [-0.39, 0.29) is 5.97 Å². The van der Waals surface area contributed by atoms with Crippen LogP contribution in [0.1, 0.15) is 23.6 Å². The maximum atomic E-state index is 10.9. The zero-order valence-electron chi connectivity index (χ0n) is 9.98. The minimum absolute atomic E-state index is 0.370. The molecule has 1 rings (SSSR count). The van der Waals surface area contributed by atoms with Crippen LogP contribution in [0.4, 0.5) is 0 Å². The Kier molecular flexibility index (Phi) is 4.04. The van der Waals surface area contributed by atoms with Crippen molar-refractivity contribution in [3.05, 3.63) is 34.9 Å². The Labute approximate surface area is 99.5 Å². The number of benzene rings is 1. The highest BCUT2D eigenvalue weighted by atomic mass is 16.5. The molecule has 1 aromatic carbocycles. The van der Waals surface area contributed by atoms with Gasteiger partial charge in [-0.15, -0.1) is 0 Å². The highest BCUT2D eigenvalue weighted by molar-refractivity contribution is 5.85. The van der Waals surface area contributed by atoms with Gasteiger partial charge in [-0.1, -0.05) is 0 Å². The number of rotatable bonds is 3. The van der Waals surface area contributed by atoms with Crippen molar-refractivity contribution in [2.24, 2.45) is 0 Å². The third-order valence-electron chi connectivity index (χ3n) is 2.15. The molecule has 4 nitrogen and oxygen atoms in total. The molecule has 0 atom stereocenters. The average Bonchev–Trinajstić information content (AvgIpc) is 2.20. The lowest BCUT2D eigenvalue weighted by Crippen LogP contribution is -2.04. The van der Waals surface area contributed by atoms with E-state index in [1.54, 1.807) is 12.1 Å². The molecule has 1 N–H and O–H groups in total. The molecular weight excluding hydrogens is 220 g/mol. The lowest BCUT2D eigenvalue weighted by Gasteiger charge is -2.10. The first-order valence-corrected chi connectivity index (χ1v) is 5.11. The summed E-state index contributed by atoms with van der Waals surface area (Å²) in [5.74, 6) is -0.834. The van der Waals surface area contributed by atoms with Gasteiger partial charge in [0, 0.05) is 13.0 Å². The summed E-state index contributed by atoms with van der Waals surface area (Å²) in [6.07, 6.45) is 2.57. The SMILES string of the molecule is CC(=O)Oc1c(C)cc(C=CC(=O)O)cc1C. The van der Waals surface area contributed by atoms with E-state index in [2.05, 4.69) is 0 Å². The standard InChI is InChI=1S/C13H14O4/c1-8-6-11(4-5-12(15)16)7-9(2)13(8)17-10(3)14/h4-7H,1-3H3,(H,15,16). The predicted octanol–water partition coefficient (Wildman–Crippen LogP) is 2.33. The first kappa shape index (κ1) is 13.0. The molecular formula is C13H14O4. The normalized spacial score (nSPS) is 10.5. The van der Waals surface area contributed by atoms with Crippen molar-refractivity contribution in [1.29, 1.82) is 0 Å². The Morgan fingerprint density at radius 2 is 1.76 bits per heavy atom. The van der Waals surface area contributed by atoms with Crippen LogP contribution < -0.4 is 4.74 Å². The molecule has 1 aromatic rings. The topological polar surface area (TPSA) is 63.6 Å². The Bertz CT molecular complexity index is 463. The number of carboxylic acid groups (broad SMARTS) is 1. The molecule has 0 radical (unpaired) electrons. The lowest BCUT2D eigenvalue weighted by atomic mass is 10.1. The number of carbonyl (C=O) groups is 2. The van der Waals surface area contributed by atoms with E-state index in [9.17, 15) is 9.59 Å². The van der Waals surface area contributed by atoms with Crippen LogP contribution in [-0.4, -0.2) is 17.0 Å². The van der Waals surface area contributed by atoms with Gasteiger partial charge in [-0.25, -0.2) is 4.79 Å². The minimum atomic E-state index is -0.996. The molecule has 0 saturated carbocycles. The monoisotopic (exact) mass is 234 g/mol. The fourth-order valence-corrected chi connectivity index (χ4v) is 1.55. The van der Waals surface area contributed by atoms with E-state index >= 15 is 0 Å². The number of ether oxygens (including phenoxy) is 1. The molecule has 90 valence electrons. The molecule has 0 aromatic heterocycles. The second-order valence-corrected chi connectivity index (χ2v) is 3.75. The fraction of sp³-hybridized carbons (Fsp3) is 0.231. The molecule has 0 heterocycles. The number of esters is 1. The van der Waals surface area contributed by atoms with Crippen molar-refractivity contribution in [2.75, 3.05) is 0 Å². The van der Waals surface area contributed by atoms with Crippen LogP contribution >= 0.6 is 0 Å². The molecule has 17 heavy (non-hydrogen) atoms. The molecule has 0 fully saturated rings. The second kappa shape index (κ2) is 5.30.